The molecule has 6 nitrogen and oxygen atoms in total. The van der Waals surface area contributed by atoms with Crippen LogP contribution in [0.4, 0.5) is 5.69 Å². The van der Waals surface area contributed by atoms with E-state index in [0.717, 1.165) is 28.9 Å². The zero-order valence-electron chi connectivity index (χ0n) is 17.6. The number of carbonyl (C=O) groups excluding carboxylic acids is 4. The molecule has 1 saturated carbocycles. The number of fused-ring (bicyclic) bond motifs is 4. The fourth-order valence-corrected chi connectivity index (χ4v) is 5.95. The first-order valence-corrected chi connectivity index (χ1v) is 11.1. The van der Waals surface area contributed by atoms with Crippen molar-refractivity contribution in [3.63, 3.8) is 0 Å². The second-order valence-corrected chi connectivity index (χ2v) is 9.19. The van der Waals surface area contributed by atoms with Crippen LogP contribution in [-0.2, 0) is 14.4 Å². The third-order valence-electron chi connectivity index (χ3n) is 7.55. The molecular formula is C26H22N2O4. The summed E-state index contributed by atoms with van der Waals surface area (Å²) >= 11 is 0. The Morgan fingerprint density at radius 2 is 1.47 bits per heavy atom. The summed E-state index contributed by atoms with van der Waals surface area (Å²) in [5.74, 6) is -1.47. The van der Waals surface area contributed by atoms with Crippen LogP contribution in [0.1, 0.15) is 35.7 Å². The molecule has 4 aliphatic carbocycles. The summed E-state index contributed by atoms with van der Waals surface area (Å²) in [6.45, 7) is 1.59. The van der Waals surface area contributed by atoms with Crippen LogP contribution in [0.3, 0.4) is 0 Å². The average Bonchev–Trinajstić information content (AvgIpc) is 3.26. The van der Waals surface area contributed by atoms with Crippen LogP contribution < -0.4 is 5.32 Å². The molecule has 1 heterocycles. The lowest BCUT2D eigenvalue weighted by Crippen LogP contribution is -2.46. The van der Waals surface area contributed by atoms with E-state index in [1.807, 2.05) is 24.3 Å². The van der Waals surface area contributed by atoms with Crippen LogP contribution in [0.15, 0.2) is 54.6 Å². The summed E-state index contributed by atoms with van der Waals surface area (Å²) in [4.78, 5) is 53.1. The predicted molar refractivity (Wildman–Crippen MR) is 118 cm³/mol. The van der Waals surface area contributed by atoms with E-state index in [9.17, 15) is 19.2 Å². The van der Waals surface area contributed by atoms with Crippen molar-refractivity contribution in [2.75, 3.05) is 5.32 Å². The first kappa shape index (κ1) is 19.2. The van der Waals surface area contributed by atoms with Crippen molar-refractivity contribution < 1.29 is 19.2 Å². The van der Waals surface area contributed by atoms with Crippen LogP contribution in [0, 0.1) is 23.7 Å². The van der Waals surface area contributed by atoms with E-state index in [1.165, 1.54) is 0 Å². The molecular weight excluding hydrogens is 404 g/mol. The molecule has 1 saturated heterocycles. The Morgan fingerprint density at radius 3 is 2.09 bits per heavy atom. The Bertz CT molecular complexity index is 1210. The number of nitrogens with one attached hydrogen (secondary N) is 1. The molecule has 0 unspecified atom stereocenters. The maximum Gasteiger partial charge on any atom is 0.247 e. The lowest BCUT2D eigenvalue weighted by molar-refractivity contribution is -0.146. The molecule has 2 aromatic carbocycles. The number of hydrogen-bond donors (Lipinski definition) is 1. The molecule has 5 atom stereocenters. The molecule has 1 N–H and O–H groups in total. The Hall–Kier alpha value is -3.54. The number of anilines is 1. The molecule has 1 aliphatic heterocycles. The number of amides is 3. The van der Waals surface area contributed by atoms with Crippen LogP contribution >= 0.6 is 0 Å². The van der Waals surface area contributed by atoms with Crippen molar-refractivity contribution in [3.8, 4) is 11.1 Å². The Kier molecular flexibility index (Phi) is 4.03. The molecule has 32 heavy (non-hydrogen) atoms. The number of nitrogens with zero attached hydrogens (tertiary/aromatic N) is 1. The third-order valence-corrected chi connectivity index (χ3v) is 7.55. The molecule has 0 spiro atoms. The van der Waals surface area contributed by atoms with Gasteiger partial charge in [-0.3, -0.25) is 24.1 Å². The van der Waals surface area contributed by atoms with Crippen molar-refractivity contribution >= 4 is 29.2 Å². The number of imide groups is 1. The van der Waals surface area contributed by atoms with E-state index >= 15 is 0 Å². The molecule has 6 heteroatoms. The van der Waals surface area contributed by atoms with Gasteiger partial charge >= 0.3 is 0 Å². The SMILES string of the molecule is C[C@H](C(=O)Nc1ccc2c(c1)C(=O)c1ccccc1-2)N1C(=O)[C@@H]2[C@@H](C1=O)[C@H]1C=C[C@H]2CC1. The van der Waals surface area contributed by atoms with Crippen LogP contribution in [0.2, 0.25) is 0 Å². The number of carbonyl (C=O) groups is 4. The van der Waals surface area contributed by atoms with E-state index < -0.39 is 11.9 Å². The number of hydrogen-bond acceptors (Lipinski definition) is 4. The highest BCUT2D eigenvalue weighted by molar-refractivity contribution is 6.22. The van der Waals surface area contributed by atoms with E-state index in [1.54, 1.807) is 25.1 Å². The average molecular weight is 426 g/mol. The first-order valence-electron chi connectivity index (χ1n) is 11.1. The number of benzene rings is 2. The van der Waals surface area contributed by atoms with E-state index in [0.29, 0.717) is 16.8 Å². The molecule has 3 amide bonds. The van der Waals surface area contributed by atoms with Gasteiger partial charge in [-0.1, -0.05) is 42.5 Å². The highest BCUT2D eigenvalue weighted by Gasteiger charge is 2.58. The van der Waals surface area contributed by atoms with Gasteiger partial charge < -0.3 is 5.32 Å². The van der Waals surface area contributed by atoms with Crippen LogP contribution in [0.5, 0.6) is 0 Å². The zero-order chi connectivity index (χ0) is 22.1. The second kappa shape index (κ2) is 6.73. The van der Waals surface area contributed by atoms with E-state index in [-0.39, 0.29) is 41.3 Å². The largest absolute Gasteiger partial charge is 0.324 e. The summed E-state index contributed by atoms with van der Waals surface area (Å²) < 4.78 is 0. The summed E-state index contributed by atoms with van der Waals surface area (Å²) in [6, 6.07) is 11.7. The van der Waals surface area contributed by atoms with E-state index in [4.69, 9.17) is 0 Å². The van der Waals surface area contributed by atoms with Crippen molar-refractivity contribution in [2.24, 2.45) is 23.7 Å². The fourth-order valence-electron chi connectivity index (χ4n) is 5.95. The Morgan fingerprint density at radius 1 is 0.875 bits per heavy atom. The lowest BCUT2D eigenvalue weighted by Gasteiger charge is -2.38. The molecule has 160 valence electrons. The lowest BCUT2D eigenvalue weighted by atomic mass is 9.63. The summed E-state index contributed by atoms with van der Waals surface area (Å²) in [7, 11) is 0. The normalized spacial score (nSPS) is 27.9. The maximum absolute atomic E-state index is 13.1. The van der Waals surface area contributed by atoms with Crippen molar-refractivity contribution in [3.05, 3.63) is 65.7 Å². The summed E-state index contributed by atoms with van der Waals surface area (Å²) in [6.07, 6.45) is 5.96. The van der Waals surface area contributed by atoms with Gasteiger partial charge in [0.1, 0.15) is 6.04 Å². The molecule has 7 rings (SSSR count). The number of ketones is 1. The van der Waals surface area contributed by atoms with Gasteiger partial charge in [0.2, 0.25) is 17.7 Å². The van der Waals surface area contributed by atoms with Gasteiger partial charge in [-0.05, 0) is 54.9 Å². The predicted octanol–water partition coefficient (Wildman–Crippen LogP) is 3.42. The third kappa shape index (κ3) is 2.52. The van der Waals surface area contributed by atoms with Crippen molar-refractivity contribution in [1.82, 2.24) is 4.90 Å². The van der Waals surface area contributed by atoms with Crippen molar-refractivity contribution in [1.29, 1.82) is 0 Å². The van der Waals surface area contributed by atoms with Gasteiger partial charge in [0, 0.05) is 16.8 Å². The molecule has 2 aromatic rings. The van der Waals surface area contributed by atoms with E-state index in [2.05, 4.69) is 17.5 Å². The molecule has 2 bridgehead atoms. The van der Waals surface area contributed by atoms with Crippen LogP contribution in [-0.4, -0.2) is 34.4 Å². The van der Waals surface area contributed by atoms with Gasteiger partial charge in [-0.25, -0.2) is 0 Å². The minimum Gasteiger partial charge on any atom is -0.324 e. The van der Waals surface area contributed by atoms with Crippen molar-refractivity contribution in [2.45, 2.75) is 25.8 Å². The number of rotatable bonds is 3. The maximum atomic E-state index is 13.1. The zero-order valence-corrected chi connectivity index (χ0v) is 17.6. The van der Waals surface area contributed by atoms with Gasteiger partial charge in [0.15, 0.2) is 5.78 Å². The first-order chi connectivity index (χ1) is 15.5. The second-order valence-electron chi connectivity index (χ2n) is 9.19. The molecule has 0 aromatic heterocycles. The monoisotopic (exact) mass is 426 g/mol. The topological polar surface area (TPSA) is 83.6 Å². The fraction of sp³-hybridized carbons (Fsp3) is 0.308. The summed E-state index contributed by atoms with van der Waals surface area (Å²) in [5.41, 5.74) is 3.39. The van der Waals surface area contributed by atoms with Gasteiger partial charge in [0.25, 0.3) is 0 Å². The molecule has 5 aliphatic rings. The smallest absolute Gasteiger partial charge is 0.247 e. The highest BCUT2D eigenvalue weighted by Crippen LogP contribution is 2.50. The standard InChI is InChI=1S/C26H22N2O4/c1-13(28-25(31)21-14-6-7-15(9-8-14)22(21)26(28)32)24(30)27-16-10-11-18-17-4-2-3-5-19(17)23(29)20(18)12-16/h2-7,10-15,21-22H,8-9H2,1H3,(H,27,30)/t13-,14+,15+,21+,22+/m1/s1. The van der Waals surface area contributed by atoms with Gasteiger partial charge in [0.05, 0.1) is 11.8 Å². The summed E-state index contributed by atoms with van der Waals surface area (Å²) in [5, 5.41) is 2.80. The Labute approximate surface area is 185 Å². The quantitative estimate of drug-likeness (QED) is 0.514. The molecule has 0 radical (unpaired) electrons. The number of allylic oxidation sites excluding steroid dienone is 2. The van der Waals surface area contributed by atoms with Gasteiger partial charge in [-0.15, -0.1) is 0 Å². The highest BCUT2D eigenvalue weighted by atomic mass is 16.2. The minimum absolute atomic E-state index is 0.0725. The van der Waals surface area contributed by atoms with Crippen LogP contribution in [0.25, 0.3) is 11.1 Å². The minimum atomic E-state index is -0.916. The molecule has 2 fully saturated rings. The Balaban J connectivity index is 1.23. The van der Waals surface area contributed by atoms with Gasteiger partial charge in [-0.2, -0.15) is 0 Å². The number of likely N-dealkylation sites (tertiary alicyclic amines) is 1.